The fraction of sp³-hybridized carbons (Fsp3) is 0.500. The van der Waals surface area contributed by atoms with Crippen LogP contribution in [0.3, 0.4) is 0 Å². The molecule has 1 aliphatic carbocycles. The predicted octanol–water partition coefficient (Wildman–Crippen LogP) is 2.68. The lowest BCUT2D eigenvalue weighted by Gasteiger charge is -2.38. The first-order chi connectivity index (χ1) is 9.92. The Labute approximate surface area is 124 Å². The van der Waals surface area contributed by atoms with E-state index in [-0.39, 0.29) is 6.42 Å². The molecule has 0 heterocycles. The molecule has 1 aliphatic rings. The summed E-state index contributed by atoms with van der Waals surface area (Å²) >= 11 is 0. The molecule has 21 heavy (non-hydrogen) atoms. The second-order valence-corrected chi connectivity index (χ2v) is 5.95. The van der Waals surface area contributed by atoms with Gasteiger partial charge in [0.25, 0.3) is 5.91 Å². The van der Waals surface area contributed by atoms with Gasteiger partial charge in [-0.15, -0.1) is 0 Å². The fourth-order valence-corrected chi connectivity index (χ4v) is 3.13. The van der Waals surface area contributed by atoms with Crippen molar-refractivity contribution in [3.8, 4) is 0 Å². The monoisotopic (exact) mass is 290 g/mol. The number of aliphatic carboxylic acids is 1. The highest BCUT2D eigenvalue weighted by Gasteiger charge is 2.35. The SMILES string of the molecule is Cc1ccc(C(N)=O)c(NC2(CC(=O)O)CCCCC2)c1. The first-order valence-corrected chi connectivity index (χ1v) is 7.32. The van der Waals surface area contributed by atoms with E-state index in [2.05, 4.69) is 5.32 Å². The van der Waals surface area contributed by atoms with Gasteiger partial charge in [0.2, 0.25) is 0 Å². The number of aryl methyl sites for hydroxylation is 1. The van der Waals surface area contributed by atoms with Crippen molar-refractivity contribution in [2.24, 2.45) is 5.73 Å². The van der Waals surface area contributed by atoms with Crippen molar-refractivity contribution >= 4 is 17.6 Å². The Bertz CT molecular complexity index is 548. The highest BCUT2D eigenvalue weighted by atomic mass is 16.4. The molecule has 0 aliphatic heterocycles. The largest absolute Gasteiger partial charge is 0.481 e. The van der Waals surface area contributed by atoms with Gasteiger partial charge in [0.1, 0.15) is 0 Å². The number of amides is 1. The molecule has 5 heteroatoms. The van der Waals surface area contributed by atoms with Crippen molar-refractivity contribution in [3.63, 3.8) is 0 Å². The summed E-state index contributed by atoms with van der Waals surface area (Å²) in [5.41, 5.74) is 7.00. The molecule has 0 spiro atoms. The third-order valence-electron chi connectivity index (χ3n) is 4.14. The lowest BCUT2D eigenvalue weighted by atomic mass is 9.79. The number of nitrogens with one attached hydrogen (secondary N) is 1. The lowest BCUT2D eigenvalue weighted by molar-refractivity contribution is -0.138. The van der Waals surface area contributed by atoms with Crippen molar-refractivity contribution in [1.82, 2.24) is 0 Å². The summed E-state index contributed by atoms with van der Waals surface area (Å²) in [5, 5.41) is 12.5. The zero-order valence-electron chi connectivity index (χ0n) is 12.3. The van der Waals surface area contributed by atoms with Gasteiger partial charge in [0, 0.05) is 11.2 Å². The first-order valence-electron chi connectivity index (χ1n) is 7.32. The van der Waals surface area contributed by atoms with Gasteiger partial charge >= 0.3 is 5.97 Å². The molecule has 114 valence electrons. The number of carboxylic acids is 1. The number of nitrogens with two attached hydrogens (primary N) is 1. The molecule has 0 atom stereocenters. The van der Waals surface area contributed by atoms with Crippen LogP contribution in [0.5, 0.6) is 0 Å². The van der Waals surface area contributed by atoms with E-state index in [0.29, 0.717) is 11.3 Å². The third kappa shape index (κ3) is 3.74. The number of rotatable bonds is 5. The third-order valence-corrected chi connectivity index (χ3v) is 4.14. The van der Waals surface area contributed by atoms with E-state index in [9.17, 15) is 14.7 Å². The van der Waals surface area contributed by atoms with Gasteiger partial charge in [-0.05, 0) is 37.5 Å². The molecular weight excluding hydrogens is 268 g/mol. The van der Waals surface area contributed by atoms with Crippen LogP contribution in [0.4, 0.5) is 5.69 Å². The van der Waals surface area contributed by atoms with Gasteiger partial charge in [-0.3, -0.25) is 9.59 Å². The normalized spacial score (nSPS) is 17.2. The number of carbonyl (C=O) groups excluding carboxylic acids is 1. The number of benzene rings is 1. The van der Waals surface area contributed by atoms with E-state index in [1.807, 2.05) is 19.1 Å². The Morgan fingerprint density at radius 3 is 2.52 bits per heavy atom. The van der Waals surface area contributed by atoms with E-state index in [1.165, 1.54) is 0 Å². The second-order valence-electron chi connectivity index (χ2n) is 5.95. The van der Waals surface area contributed by atoms with Crippen molar-refractivity contribution < 1.29 is 14.7 Å². The van der Waals surface area contributed by atoms with Crippen LogP contribution in [0.15, 0.2) is 18.2 Å². The standard InChI is InChI=1S/C16H22N2O3/c1-11-5-6-12(15(17)21)13(9-11)18-16(10-14(19)20)7-3-2-4-8-16/h5-6,9,18H,2-4,7-8,10H2,1H3,(H2,17,21)(H,19,20). The molecule has 1 aromatic carbocycles. The van der Waals surface area contributed by atoms with Crippen molar-refractivity contribution in [2.75, 3.05) is 5.32 Å². The number of primary amides is 1. The lowest BCUT2D eigenvalue weighted by Crippen LogP contribution is -2.42. The summed E-state index contributed by atoms with van der Waals surface area (Å²) in [5.74, 6) is -1.32. The minimum absolute atomic E-state index is 0.0547. The maximum Gasteiger partial charge on any atom is 0.305 e. The van der Waals surface area contributed by atoms with Crippen LogP contribution in [-0.2, 0) is 4.79 Å². The van der Waals surface area contributed by atoms with E-state index >= 15 is 0 Å². The molecule has 1 aromatic rings. The Morgan fingerprint density at radius 2 is 1.95 bits per heavy atom. The Hall–Kier alpha value is -2.04. The van der Waals surface area contributed by atoms with Crippen LogP contribution in [0.25, 0.3) is 0 Å². The number of hydrogen-bond acceptors (Lipinski definition) is 3. The van der Waals surface area contributed by atoms with Crippen LogP contribution in [0.1, 0.15) is 54.4 Å². The number of hydrogen-bond donors (Lipinski definition) is 3. The molecule has 4 N–H and O–H groups in total. The van der Waals surface area contributed by atoms with Gasteiger partial charge in [0.05, 0.1) is 12.0 Å². The van der Waals surface area contributed by atoms with Crippen molar-refractivity contribution in [3.05, 3.63) is 29.3 Å². The number of anilines is 1. The summed E-state index contributed by atoms with van der Waals surface area (Å²) in [7, 11) is 0. The molecule has 1 amide bonds. The molecule has 0 bridgehead atoms. The zero-order valence-corrected chi connectivity index (χ0v) is 12.3. The maximum absolute atomic E-state index is 11.6. The average Bonchev–Trinajstić information content (AvgIpc) is 2.38. The quantitative estimate of drug-likeness (QED) is 0.777. The Morgan fingerprint density at radius 1 is 1.29 bits per heavy atom. The second kappa shape index (κ2) is 6.16. The van der Waals surface area contributed by atoms with Crippen molar-refractivity contribution in [2.45, 2.75) is 51.0 Å². The molecule has 1 fully saturated rings. The van der Waals surface area contributed by atoms with Crippen LogP contribution in [-0.4, -0.2) is 22.5 Å². The summed E-state index contributed by atoms with van der Waals surface area (Å²) in [6.07, 6.45) is 4.77. The van der Waals surface area contributed by atoms with E-state index in [1.54, 1.807) is 6.07 Å². The topological polar surface area (TPSA) is 92.4 Å². The van der Waals surface area contributed by atoms with Crippen LogP contribution in [0.2, 0.25) is 0 Å². The van der Waals surface area contributed by atoms with Crippen molar-refractivity contribution in [1.29, 1.82) is 0 Å². The minimum atomic E-state index is -0.822. The first kappa shape index (κ1) is 15.4. The van der Waals surface area contributed by atoms with Crippen LogP contribution in [0, 0.1) is 6.92 Å². The molecule has 5 nitrogen and oxygen atoms in total. The van der Waals surface area contributed by atoms with Gasteiger partial charge in [-0.2, -0.15) is 0 Å². The number of carbonyl (C=O) groups is 2. The van der Waals surface area contributed by atoms with E-state index in [4.69, 9.17) is 5.73 Å². The molecule has 1 saturated carbocycles. The Kier molecular flexibility index (Phi) is 4.50. The smallest absolute Gasteiger partial charge is 0.305 e. The van der Waals surface area contributed by atoms with Crippen LogP contribution >= 0.6 is 0 Å². The van der Waals surface area contributed by atoms with Gasteiger partial charge in [-0.25, -0.2) is 0 Å². The predicted molar refractivity (Wildman–Crippen MR) is 81.4 cm³/mol. The minimum Gasteiger partial charge on any atom is -0.481 e. The molecular formula is C16H22N2O3. The highest BCUT2D eigenvalue weighted by Crippen LogP contribution is 2.35. The summed E-state index contributed by atoms with van der Waals surface area (Å²) in [4.78, 5) is 22.8. The molecule has 0 radical (unpaired) electrons. The zero-order chi connectivity index (χ0) is 15.5. The average molecular weight is 290 g/mol. The summed E-state index contributed by atoms with van der Waals surface area (Å²) in [6.45, 7) is 1.93. The van der Waals surface area contributed by atoms with Gasteiger partial charge in [-0.1, -0.05) is 25.3 Å². The molecule has 0 unspecified atom stereocenters. The summed E-state index contributed by atoms with van der Waals surface area (Å²) < 4.78 is 0. The van der Waals surface area contributed by atoms with E-state index in [0.717, 1.165) is 37.7 Å². The van der Waals surface area contributed by atoms with Crippen LogP contribution < -0.4 is 11.1 Å². The highest BCUT2D eigenvalue weighted by molar-refractivity contribution is 5.98. The fourth-order valence-electron chi connectivity index (χ4n) is 3.13. The Balaban J connectivity index is 2.34. The number of carboxylic acid groups (broad SMARTS) is 1. The maximum atomic E-state index is 11.6. The van der Waals surface area contributed by atoms with Gasteiger partial charge < -0.3 is 16.2 Å². The molecule has 0 saturated heterocycles. The van der Waals surface area contributed by atoms with Gasteiger partial charge in [0.15, 0.2) is 0 Å². The van der Waals surface area contributed by atoms with E-state index < -0.39 is 17.4 Å². The summed E-state index contributed by atoms with van der Waals surface area (Å²) in [6, 6.07) is 5.38. The molecule has 2 rings (SSSR count). The molecule has 0 aromatic heterocycles.